The van der Waals surface area contributed by atoms with E-state index in [4.69, 9.17) is 5.84 Å². The number of thioether (sulfide) groups is 1. The third-order valence-electron chi connectivity index (χ3n) is 3.91. The number of rotatable bonds is 4. The molecule has 0 aliphatic carbocycles. The molecule has 2 unspecified atom stereocenters. The normalized spacial score (nSPS) is 25.3. The van der Waals surface area contributed by atoms with Gasteiger partial charge in [-0.2, -0.15) is 11.8 Å². The lowest BCUT2D eigenvalue weighted by Gasteiger charge is -2.33. The van der Waals surface area contributed by atoms with E-state index >= 15 is 0 Å². The van der Waals surface area contributed by atoms with Crippen molar-refractivity contribution in [1.29, 1.82) is 0 Å². The summed E-state index contributed by atoms with van der Waals surface area (Å²) in [6, 6.07) is 7.13. The van der Waals surface area contributed by atoms with Crippen LogP contribution in [0.1, 0.15) is 36.5 Å². The van der Waals surface area contributed by atoms with Gasteiger partial charge in [0.1, 0.15) is 0 Å². The highest BCUT2D eigenvalue weighted by Crippen LogP contribution is 2.41. The van der Waals surface area contributed by atoms with Gasteiger partial charge in [-0.15, -0.1) is 0 Å². The first kappa shape index (κ1) is 13.9. The van der Waals surface area contributed by atoms with Gasteiger partial charge in [0.15, 0.2) is 0 Å². The van der Waals surface area contributed by atoms with Gasteiger partial charge < -0.3 is 0 Å². The van der Waals surface area contributed by atoms with Crippen LogP contribution >= 0.6 is 11.8 Å². The van der Waals surface area contributed by atoms with E-state index in [1.54, 1.807) is 0 Å². The second kappa shape index (κ2) is 5.64. The molecule has 0 saturated carbocycles. The number of hydrogen-bond acceptors (Lipinski definition) is 3. The van der Waals surface area contributed by atoms with Crippen LogP contribution in [0.25, 0.3) is 0 Å². The molecule has 3 N–H and O–H groups in total. The Morgan fingerprint density at radius 3 is 2.50 bits per heavy atom. The minimum Gasteiger partial charge on any atom is -0.271 e. The van der Waals surface area contributed by atoms with E-state index in [9.17, 15) is 0 Å². The van der Waals surface area contributed by atoms with Crippen molar-refractivity contribution in [1.82, 2.24) is 5.43 Å². The van der Waals surface area contributed by atoms with Gasteiger partial charge in [0, 0.05) is 10.8 Å². The molecule has 3 heteroatoms. The monoisotopic (exact) mass is 264 g/mol. The second-order valence-corrected chi connectivity index (χ2v) is 7.31. The van der Waals surface area contributed by atoms with Gasteiger partial charge in [0.2, 0.25) is 0 Å². The number of hydrazine groups is 1. The molecule has 18 heavy (non-hydrogen) atoms. The molecule has 1 aliphatic rings. The Morgan fingerprint density at radius 2 is 2.00 bits per heavy atom. The van der Waals surface area contributed by atoms with Gasteiger partial charge in [0.05, 0.1) is 0 Å². The maximum atomic E-state index is 5.80. The van der Waals surface area contributed by atoms with Gasteiger partial charge in [-0.3, -0.25) is 11.3 Å². The zero-order chi connectivity index (χ0) is 13.2. The fourth-order valence-electron chi connectivity index (χ4n) is 2.95. The Balaban J connectivity index is 2.14. The minimum atomic E-state index is 0.284. The number of benzene rings is 1. The van der Waals surface area contributed by atoms with Crippen LogP contribution in [0.5, 0.6) is 0 Å². The average molecular weight is 264 g/mol. The maximum absolute atomic E-state index is 5.80. The lowest BCUT2D eigenvalue weighted by atomic mass is 9.90. The molecule has 1 aliphatic heterocycles. The molecule has 1 heterocycles. The van der Waals surface area contributed by atoms with Gasteiger partial charge in [-0.1, -0.05) is 29.3 Å². The standard InChI is InChI=1S/C15H24N2S/c1-11-7-12(2)9-13(8-11)10-14(17-16)15(3)5-4-6-18-15/h7-9,14,17H,4-6,10,16H2,1-3H3. The van der Waals surface area contributed by atoms with E-state index in [2.05, 4.69) is 56.2 Å². The summed E-state index contributed by atoms with van der Waals surface area (Å²) in [6.07, 6.45) is 3.59. The third kappa shape index (κ3) is 3.08. The van der Waals surface area contributed by atoms with E-state index in [1.165, 1.54) is 35.3 Å². The Hall–Kier alpha value is -0.510. The van der Waals surface area contributed by atoms with Gasteiger partial charge in [0.25, 0.3) is 0 Å². The van der Waals surface area contributed by atoms with E-state index < -0.39 is 0 Å². The summed E-state index contributed by atoms with van der Waals surface area (Å²) in [4.78, 5) is 0. The fraction of sp³-hybridized carbons (Fsp3) is 0.600. The molecule has 2 rings (SSSR count). The summed E-state index contributed by atoms with van der Waals surface area (Å²) in [5, 5.41) is 0. The van der Waals surface area contributed by atoms with Crippen molar-refractivity contribution in [3.8, 4) is 0 Å². The first-order valence-electron chi connectivity index (χ1n) is 6.71. The van der Waals surface area contributed by atoms with Crippen LogP contribution in [0.4, 0.5) is 0 Å². The molecular formula is C15H24N2S. The minimum absolute atomic E-state index is 0.284. The first-order valence-corrected chi connectivity index (χ1v) is 7.69. The first-order chi connectivity index (χ1) is 8.53. The highest BCUT2D eigenvalue weighted by molar-refractivity contribution is 8.00. The zero-order valence-corrected chi connectivity index (χ0v) is 12.4. The van der Waals surface area contributed by atoms with Crippen molar-refractivity contribution in [2.45, 2.75) is 50.8 Å². The van der Waals surface area contributed by atoms with Crippen molar-refractivity contribution in [3.05, 3.63) is 34.9 Å². The molecule has 2 nitrogen and oxygen atoms in total. The van der Waals surface area contributed by atoms with Crippen molar-refractivity contribution in [3.63, 3.8) is 0 Å². The van der Waals surface area contributed by atoms with Crippen molar-refractivity contribution < 1.29 is 0 Å². The summed E-state index contributed by atoms with van der Waals surface area (Å²) in [7, 11) is 0. The molecule has 1 aromatic rings. The topological polar surface area (TPSA) is 38.0 Å². The predicted molar refractivity (Wildman–Crippen MR) is 80.8 cm³/mol. The van der Waals surface area contributed by atoms with Crippen LogP contribution in [0.15, 0.2) is 18.2 Å². The largest absolute Gasteiger partial charge is 0.271 e. The Labute approximate surface area is 115 Å². The SMILES string of the molecule is Cc1cc(C)cc(CC(NN)C2(C)CCCS2)c1. The van der Waals surface area contributed by atoms with Crippen LogP contribution < -0.4 is 11.3 Å². The highest BCUT2D eigenvalue weighted by atomic mass is 32.2. The molecule has 1 aromatic carbocycles. The van der Waals surface area contributed by atoms with Crippen molar-refractivity contribution in [2.75, 3.05) is 5.75 Å². The summed E-state index contributed by atoms with van der Waals surface area (Å²) in [5.74, 6) is 7.06. The van der Waals surface area contributed by atoms with E-state index in [1.807, 2.05) is 0 Å². The molecule has 1 saturated heterocycles. The molecule has 0 radical (unpaired) electrons. The Bertz CT molecular complexity index is 391. The average Bonchev–Trinajstić information content (AvgIpc) is 2.72. The van der Waals surface area contributed by atoms with E-state index in [-0.39, 0.29) is 4.75 Å². The van der Waals surface area contributed by atoms with E-state index in [0.717, 1.165) is 6.42 Å². The lowest BCUT2D eigenvalue weighted by molar-refractivity contribution is 0.405. The highest BCUT2D eigenvalue weighted by Gasteiger charge is 2.37. The number of nitrogens with one attached hydrogen (secondary N) is 1. The molecule has 0 aromatic heterocycles. The fourth-order valence-corrected chi connectivity index (χ4v) is 4.35. The zero-order valence-electron chi connectivity index (χ0n) is 11.6. The quantitative estimate of drug-likeness (QED) is 0.648. The maximum Gasteiger partial charge on any atom is 0.0395 e. The molecule has 0 bridgehead atoms. The van der Waals surface area contributed by atoms with Crippen LogP contribution in [-0.4, -0.2) is 16.5 Å². The lowest BCUT2D eigenvalue weighted by Crippen LogP contribution is -2.50. The smallest absolute Gasteiger partial charge is 0.0395 e. The van der Waals surface area contributed by atoms with Crippen LogP contribution in [-0.2, 0) is 6.42 Å². The Kier molecular flexibility index (Phi) is 4.36. The van der Waals surface area contributed by atoms with Crippen LogP contribution in [0.2, 0.25) is 0 Å². The summed E-state index contributed by atoms with van der Waals surface area (Å²) < 4.78 is 0.284. The van der Waals surface area contributed by atoms with Crippen molar-refractivity contribution >= 4 is 11.8 Å². The number of aryl methyl sites for hydroxylation is 2. The molecule has 2 atom stereocenters. The molecular weight excluding hydrogens is 240 g/mol. The molecule has 1 fully saturated rings. The van der Waals surface area contributed by atoms with Gasteiger partial charge >= 0.3 is 0 Å². The summed E-state index contributed by atoms with van der Waals surface area (Å²) >= 11 is 2.06. The summed E-state index contributed by atoms with van der Waals surface area (Å²) in [5.41, 5.74) is 7.12. The van der Waals surface area contributed by atoms with Gasteiger partial charge in [-0.25, -0.2) is 0 Å². The molecule has 0 spiro atoms. The van der Waals surface area contributed by atoms with Crippen molar-refractivity contribution in [2.24, 2.45) is 5.84 Å². The third-order valence-corrected chi connectivity index (χ3v) is 5.55. The number of hydrogen-bond donors (Lipinski definition) is 2. The van der Waals surface area contributed by atoms with Gasteiger partial charge in [-0.05, 0) is 51.3 Å². The second-order valence-electron chi connectivity index (χ2n) is 5.68. The Morgan fingerprint density at radius 1 is 1.33 bits per heavy atom. The molecule has 0 amide bonds. The van der Waals surface area contributed by atoms with Crippen LogP contribution in [0.3, 0.4) is 0 Å². The summed E-state index contributed by atoms with van der Waals surface area (Å²) in [6.45, 7) is 6.67. The number of nitrogens with two attached hydrogens (primary N) is 1. The predicted octanol–water partition coefficient (Wildman–Crippen LogP) is 2.96. The van der Waals surface area contributed by atoms with Crippen LogP contribution in [0, 0.1) is 13.8 Å². The van der Waals surface area contributed by atoms with E-state index in [0.29, 0.717) is 6.04 Å². The molecule has 100 valence electrons.